The SMILES string of the molecule is [2H]c1cc(OS(=O)(=O)O)c([2H])c2c1[C@H]1CC([2H])([2H])[C@@]3(C)[C@@H](CC[C@@]3(O)C#C)[C@@H]1CC2. The number of hydrogen-bond acceptors (Lipinski definition) is 4. The average molecular weight is 380 g/mol. The number of rotatable bonds is 2. The third-order valence-electron chi connectivity index (χ3n) is 6.63. The van der Waals surface area contributed by atoms with Gasteiger partial charge in [-0.2, -0.15) is 8.42 Å². The lowest BCUT2D eigenvalue weighted by Crippen LogP contribution is -2.50. The lowest BCUT2D eigenvalue weighted by atomic mass is 9.53. The summed E-state index contributed by atoms with van der Waals surface area (Å²) in [6.45, 7) is 1.73. The molecule has 1 aromatic rings. The highest BCUT2D eigenvalue weighted by molar-refractivity contribution is 7.81. The van der Waals surface area contributed by atoms with Gasteiger partial charge in [-0.15, -0.1) is 6.42 Å². The quantitative estimate of drug-likeness (QED) is 0.608. The number of terminal acetylenes is 1. The van der Waals surface area contributed by atoms with Gasteiger partial charge in [-0.05, 0) is 79.5 Å². The first-order valence-electron chi connectivity index (χ1n) is 10.8. The summed E-state index contributed by atoms with van der Waals surface area (Å²) in [6, 6.07) is 0.837. The molecular formula is C20H24O5S. The molecule has 0 spiro atoms. The summed E-state index contributed by atoms with van der Waals surface area (Å²) in [5.74, 6) is 1.50. The van der Waals surface area contributed by atoms with E-state index in [1.54, 1.807) is 6.92 Å². The van der Waals surface area contributed by atoms with Crippen LogP contribution in [0.2, 0.25) is 0 Å². The molecule has 5 atom stereocenters. The largest absolute Gasteiger partial charge is 0.446 e. The van der Waals surface area contributed by atoms with Crippen LogP contribution in [-0.4, -0.2) is 23.7 Å². The minimum atomic E-state index is -4.83. The number of fused-ring (bicyclic) bond motifs is 5. The minimum Gasteiger partial charge on any atom is -0.377 e. The van der Waals surface area contributed by atoms with Gasteiger partial charge in [-0.1, -0.05) is 18.9 Å². The Labute approximate surface area is 160 Å². The molecule has 6 heteroatoms. The van der Waals surface area contributed by atoms with Gasteiger partial charge in [0.25, 0.3) is 0 Å². The fourth-order valence-electron chi connectivity index (χ4n) is 5.31. The second-order valence-corrected chi connectivity index (χ2v) is 8.75. The fraction of sp³-hybridized carbons (Fsp3) is 0.600. The van der Waals surface area contributed by atoms with E-state index in [1.807, 2.05) is 0 Å². The van der Waals surface area contributed by atoms with Crippen molar-refractivity contribution in [1.29, 1.82) is 0 Å². The van der Waals surface area contributed by atoms with Gasteiger partial charge in [0.1, 0.15) is 11.4 Å². The lowest BCUT2D eigenvalue weighted by Gasteiger charge is -2.52. The maximum Gasteiger partial charge on any atom is 0.446 e. The van der Waals surface area contributed by atoms with Crippen molar-refractivity contribution < 1.29 is 27.7 Å². The molecule has 0 aliphatic heterocycles. The first-order chi connectivity index (χ1) is 13.8. The van der Waals surface area contributed by atoms with Crippen molar-refractivity contribution in [3.8, 4) is 18.1 Å². The van der Waals surface area contributed by atoms with Gasteiger partial charge < -0.3 is 9.29 Å². The first-order valence-corrected chi connectivity index (χ1v) is 10.1. The van der Waals surface area contributed by atoms with E-state index in [2.05, 4.69) is 10.1 Å². The van der Waals surface area contributed by atoms with E-state index in [0.29, 0.717) is 36.8 Å². The van der Waals surface area contributed by atoms with Crippen LogP contribution < -0.4 is 4.18 Å². The number of aliphatic hydroxyl groups is 1. The topological polar surface area (TPSA) is 83.8 Å². The van der Waals surface area contributed by atoms with Crippen molar-refractivity contribution >= 4 is 10.4 Å². The first kappa shape index (κ1) is 13.6. The Balaban J connectivity index is 1.83. The molecule has 2 saturated carbocycles. The monoisotopic (exact) mass is 380 g/mol. The molecule has 2 fully saturated rings. The molecule has 0 aromatic heterocycles. The smallest absolute Gasteiger partial charge is 0.377 e. The average Bonchev–Trinajstić information content (AvgIpc) is 2.91. The molecule has 2 N–H and O–H groups in total. The summed E-state index contributed by atoms with van der Waals surface area (Å²) >= 11 is 0. The van der Waals surface area contributed by atoms with Crippen molar-refractivity contribution in [2.75, 3.05) is 0 Å². The van der Waals surface area contributed by atoms with Gasteiger partial charge in [0, 0.05) is 8.16 Å². The fourth-order valence-corrected chi connectivity index (χ4v) is 5.63. The number of hydrogen-bond donors (Lipinski definition) is 2. The van der Waals surface area contributed by atoms with E-state index in [4.69, 9.17) is 16.5 Å². The van der Waals surface area contributed by atoms with Crippen LogP contribution in [0.3, 0.4) is 0 Å². The second-order valence-electron chi connectivity index (χ2n) is 7.72. The predicted molar refractivity (Wildman–Crippen MR) is 97.0 cm³/mol. The zero-order valence-electron chi connectivity index (χ0n) is 18.4. The molecular weight excluding hydrogens is 352 g/mol. The molecule has 140 valence electrons. The highest BCUT2D eigenvalue weighted by Gasteiger charge is 2.61. The molecule has 3 aliphatic carbocycles. The van der Waals surface area contributed by atoms with Crippen LogP contribution in [0.1, 0.15) is 61.5 Å². The van der Waals surface area contributed by atoms with Crippen LogP contribution >= 0.6 is 0 Å². The van der Waals surface area contributed by atoms with Crippen LogP contribution in [0, 0.1) is 29.6 Å². The summed E-state index contributed by atoms with van der Waals surface area (Å²) < 4.78 is 70.1. The third kappa shape index (κ3) is 2.57. The summed E-state index contributed by atoms with van der Waals surface area (Å²) in [4.78, 5) is 0. The molecule has 0 saturated heterocycles. The molecule has 0 amide bonds. The highest BCUT2D eigenvalue weighted by Crippen LogP contribution is 2.64. The standard InChI is InChI=1S/C20H24O5S/c1-3-20(21)11-9-18-17-6-4-13-12-14(25-26(22,23)24)5-7-15(13)16(17)8-10-19(18,20)2/h1,5,7,12,16-18,21H,4,6,8-11H2,2H3,(H,22,23,24)/t16-,17-,18+,19+,20+/m1/s1/i7D,10D2,12D. The van der Waals surface area contributed by atoms with Crippen molar-refractivity contribution in [2.45, 2.75) is 56.9 Å². The molecule has 5 nitrogen and oxygen atoms in total. The van der Waals surface area contributed by atoms with Crippen molar-refractivity contribution in [1.82, 2.24) is 0 Å². The van der Waals surface area contributed by atoms with Crippen molar-refractivity contribution in [2.24, 2.45) is 17.3 Å². The van der Waals surface area contributed by atoms with Gasteiger partial charge in [-0.3, -0.25) is 4.55 Å². The zero-order chi connectivity index (χ0) is 22.3. The van der Waals surface area contributed by atoms with E-state index in [9.17, 15) is 13.5 Å². The summed E-state index contributed by atoms with van der Waals surface area (Å²) in [5, 5.41) is 11.1. The van der Waals surface area contributed by atoms with Crippen molar-refractivity contribution in [3.05, 3.63) is 29.3 Å². The van der Waals surface area contributed by atoms with Gasteiger partial charge in [-0.25, -0.2) is 0 Å². The Bertz CT molecular complexity index is 1070. The van der Waals surface area contributed by atoms with Crippen LogP contribution in [0.4, 0.5) is 0 Å². The molecule has 0 unspecified atom stereocenters. The molecule has 3 aliphatic rings. The Hall–Kier alpha value is -1.55. The molecule has 26 heavy (non-hydrogen) atoms. The van der Waals surface area contributed by atoms with Gasteiger partial charge in [0.2, 0.25) is 0 Å². The molecule has 1 aromatic carbocycles. The lowest BCUT2D eigenvalue weighted by molar-refractivity contribution is -0.0646. The van der Waals surface area contributed by atoms with Crippen LogP contribution in [0.25, 0.3) is 0 Å². The van der Waals surface area contributed by atoms with E-state index in [1.165, 1.54) is 0 Å². The maximum absolute atomic E-state index is 11.1. The molecule has 0 heterocycles. The third-order valence-corrected chi connectivity index (χ3v) is 7.02. The predicted octanol–water partition coefficient (Wildman–Crippen LogP) is 3.09. The normalized spacial score (nSPS) is 42.8. The van der Waals surface area contributed by atoms with Crippen LogP contribution in [0.15, 0.2) is 18.2 Å². The second kappa shape index (κ2) is 5.72. The van der Waals surface area contributed by atoms with Gasteiger partial charge in [0.15, 0.2) is 0 Å². The summed E-state index contributed by atoms with van der Waals surface area (Å²) in [5.41, 5.74) is -1.68. The van der Waals surface area contributed by atoms with E-state index in [-0.39, 0.29) is 36.3 Å². The van der Waals surface area contributed by atoms with Gasteiger partial charge in [0.05, 0.1) is 2.74 Å². The van der Waals surface area contributed by atoms with E-state index >= 15 is 0 Å². The summed E-state index contributed by atoms with van der Waals surface area (Å²) in [7, 11) is -4.83. The van der Waals surface area contributed by atoms with Crippen molar-refractivity contribution in [3.63, 3.8) is 0 Å². The Morgan fingerprint density at radius 3 is 2.92 bits per heavy atom. The Morgan fingerprint density at radius 2 is 2.23 bits per heavy atom. The van der Waals surface area contributed by atoms with Gasteiger partial charge >= 0.3 is 10.4 Å². The highest BCUT2D eigenvalue weighted by atomic mass is 32.3. The van der Waals surface area contributed by atoms with E-state index in [0.717, 1.165) is 6.07 Å². The van der Waals surface area contributed by atoms with Crippen LogP contribution in [-0.2, 0) is 16.8 Å². The van der Waals surface area contributed by atoms with E-state index < -0.39 is 33.5 Å². The molecule has 0 radical (unpaired) electrons. The summed E-state index contributed by atoms with van der Waals surface area (Å²) in [6.07, 6.45) is 5.78. The zero-order valence-corrected chi connectivity index (χ0v) is 15.3. The minimum absolute atomic E-state index is 0.00876. The van der Waals surface area contributed by atoms with Crippen LogP contribution in [0.5, 0.6) is 5.75 Å². The Morgan fingerprint density at radius 1 is 1.46 bits per heavy atom. The number of benzene rings is 1. The maximum atomic E-state index is 11.1. The Kier molecular flexibility index (Phi) is 2.99. The molecule has 4 rings (SSSR count). The molecule has 0 bridgehead atoms.